The normalized spacial score (nSPS) is 16.9. The van der Waals surface area contributed by atoms with Crippen molar-refractivity contribution in [1.82, 2.24) is 0 Å². The molecule has 0 amide bonds. The molecule has 1 N–H and O–H groups in total. The highest BCUT2D eigenvalue weighted by Gasteiger charge is 2.34. The Bertz CT molecular complexity index is 420. The number of esters is 1. The maximum Gasteiger partial charge on any atom is 0.330 e. The molecule has 0 unspecified atom stereocenters. The fourth-order valence-electron chi connectivity index (χ4n) is 2.51. The largest absolute Gasteiger partial charge is 0.463 e. The number of ether oxygens (including phenoxy) is 3. The molecule has 0 rings (SSSR count). The van der Waals surface area contributed by atoms with Gasteiger partial charge >= 0.3 is 5.97 Å². The fraction of sp³-hybridized carbons (Fsp3) is 0.737. The molecule has 140 valence electrons. The molecule has 3 atom stereocenters. The second-order valence-electron chi connectivity index (χ2n) is 7.06. The minimum absolute atomic E-state index is 0.0572. The van der Waals surface area contributed by atoms with E-state index in [0.29, 0.717) is 13.0 Å². The highest BCUT2D eigenvalue weighted by Crippen LogP contribution is 2.31. The molecule has 0 saturated heterocycles. The van der Waals surface area contributed by atoms with E-state index in [0.717, 1.165) is 5.57 Å². The van der Waals surface area contributed by atoms with Crippen LogP contribution < -0.4 is 0 Å². The zero-order valence-electron chi connectivity index (χ0n) is 16.2. The number of rotatable bonds is 10. The summed E-state index contributed by atoms with van der Waals surface area (Å²) in [5, 5.41) is 10.5. The average molecular weight is 342 g/mol. The van der Waals surface area contributed by atoms with Crippen molar-refractivity contribution in [2.24, 2.45) is 11.3 Å². The van der Waals surface area contributed by atoms with Crippen molar-refractivity contribution >= 4 is 5.97 Å². The Morgan fingerprint density at radius 3 is 2.38 bits per heavy atom. The van der Waals surface area contributed by atoms with Crippen LogP contribution in [0.25, 0.3) is 0 Å². The molecule has 0 saturated carbocycles. The molecule has 5 nitrogen and oxygen atoms in total. The van der Waals surface area contributed by atoms with Gasteiger partial charge in [0, 0.05) is 19.1 Å². The van der Waals surface area contributed by atoms with Crippen molar-refractivity contribution in [2.45, 2.75) is 60.2 Å². The summed E-state index contributed by atoms with van der Waals surface area (Å²) < 4.78 is 15.6. The van der Waals surface area contributed by atoms with Crippen LogP contribution in [0.1, 0.15) is 48.0 Å². The lowest BCUT2D eigenvalue weighted by atomic mass is 9.79. The third kappa shape index (κ3) is 9.21. The van der Waals surface area contributed by atoms with E-state index >= 15 is 0 Å². The van der Waals surface area contributed by atoms with E-state index in [2.05, 4.69) is 20.8 Å². The summed E-state index contributed by atoms with van der Waals surface area (Å²) in [6, 6.07) is 0. The van der Waals surface area contributed by atoms with Gasteiger partial charge in [0.1, 0.15) is 6.79 Å². The minimum atomic E-state index is -0.544. The molecular formula is C19H34O5. The van der Waals surface area contributed by atoms with E-state index in [1.165, 1.54) is 6.08 Å². The molecule has 0 bridgehead atoms. The molecule has 0 aliphatic rings. The number of carbonyl (C=O) groups excluding carboxylic acids is 1. The van der Waals surface area contributed by atoms with E-state index in [-0.39, 0.29) is 30.2 Å². The standard InChI is InChI=1S/C19H34O5/c1-8-23-17(21)12-10-14(2)9-11-16(20)15(3)18(19(4,5)6)24-13-22-7/h9-10,12,15-16,18,20H,8,11,13H2,1-7H3/b12-10+,14-9+/t15-,16+,18+/m1/s1. The lowest BCUT2D eigenvalue weighted by Crippen LogP contribution is -2.41. The van der Waals surface area contributed by atoms with Gasteiger partial charge in [-0.25, -0.2) is 4.79 Å². The van der Waals surface area contributed by atoms with Gasteiger partial charge in [-0.3, -0.25) is 0 Å². The van der Waals surface area contributed by atoms with Gasteiger partial charge in [0.15, 0.2) is 0 Å². The van der Waals surface area contributed by atoms with Crippen molar-refractivity contribution in [1.29, 1.82) is 0 Å². The highest BCUT2D eigenvalue weighted by molar-refractivity contribution is 5.82. The number of hydrogen-bond acceptors (Lipinski definition) is 5. The predicted molar refractivity (Wildman–Crippen MR) is 95.5 cm³/mol. The Labute approximate surface area is 146 Å². The van der Waals surface area contributed by atoms with Gasteiger partial charge < -0.3 is 19.3 Å². The van der Waals surface area contributed by atoms with Crippen molar-refractivity contribution in [3.05, 3.63) is 23.8 Å². The zero-order chi connectivity index (χ0) is 18.8. The topological polar surface area (TPSA) is 65.0 Å². The van der Waals surface area contributed by atoms with Crippen LogP contribution >= 0.6 is 0 Å². The average Bonchev–Trinajstić information content (AvgIpc) is 2.49. The quantitative estimate of drug-likeness (QED) is 0.285. The summed E-state index contributed by atoms with van der Waals surface area (Å²) >= 11 is 0. The van der Waals surface area contributed by atoms with Crippen molar-refractivity contribution in [3.8, 4) is 0 Å². The van der Waals surface area contributed by atoms with Crippen molar-refractivity contribution in [3.63, 3.8) is 0 Å². The molecule has 0 aromatic rings. The van der Waals surface area contributed by atoms with Gasteiger partial charge in [-0.05, 0) is 25.7 Å². The lowest BCUT2D eigenvalue weighted by Gasteiger charge is -2.37. The second-order valence-corrected chi connectivity index (χ2v) is 7.06. The zero-order valence-corrected chi connectivity index (χ0v) is 16.2. The molecule has 0 aliphatic carbocycles. The molecule has 5 heteroatoms. The predicted octanol–water partition coefficient (Wildman–Crippen LogP) is 3.47. The van der Waals surface area contributed by atoms with E-state index < -0.39 is 6.10 Å². The van der Waals surface area contributed by atoms with Crippen LogP contribution in [0.15, 0.2) is 23.8 Å². The van der Waals surface area contributed by atoms with Gasteiger partial charge in [0.2, 0.25) is 0 Å². The Balaban J connectivity index is 4.73. The summed E-state index contributed by atoms with van der Waals surface area (Å²) in [4.78, 5) is 11.3. The van der Waals surface area contributed by atoms with E-state index in [1.54, 1.807) is 20.1 Å². The van der Waals surface area contributed by atoms with Crippen LogP contribution in [0.5, 0.6) is 0 Å². The molecule has 0 fully saturated rings. The van der Waals surface area contributed by atoms with Crippen LogP contribution in [0.3, 0.4) is 0 Å². The summed E-state index contributed by atoms with van der Waals surface area (Å²) in [6.07, 6.45) is 4.81. The molecule has 0 radical (unpaired) electrons. The lowest BCUT2D eigenvalue weighted by molar-refractivity contribution is -0.142. The SMILES string of the molecule is CCOC(=O)/C=C/C(C)=C/C[C@H](O)[C@@H](C)[C@H](OCOC)C(C)(C)C. The number of aliphatic hydroxyl groups excluding tert-OH is 1. The van der Waals surface area contributed by atoms with Crippen molar-refractivity contribution < 1.29 is 24.1 Å². The Hall–Kier alpha value is -1.17. The first kappa shape index (κ1) is 22.8. The number of carbonyl (C=O) groups is 1. The molecule has 0 aromatic carbocycles. The third-order valence-electron chi connectivity index (χ3n) is 3.75. The first-order chi connectivity index (χ1) is 11.1. The van der Waals surface area contributed by atoms with Crippen molar-refractivity contribution in [2.75, 3.05) is 20.5 Å². The molecule has 0 spiro atoms. The number of aliphatic hydroxyl groups is 1. The first-order valence-corrected chi connectivity index (χ1v) is 8.43. The smallest absolute Gasteiger partial charge is 0.330 e. The summed E-state index contributed by atoms with van der Waals surface area (Å²) in [5.41, 5.74) is 0.793. The van der Waals surface area contributed by atoms with Crippen LogP contribution in [0.4, 0.5) is 0 Å². The summed E-state index contributed by atoms with van der Waals surface area (Å²) in [7, 11) is 1.59. The highest BCUT2D eigenvalue weighted by atomic mass is 16.7. The van der Waals surface area contributed by atoms with Gasteiger partial charge in [0.05, 0.1) is 18.8 Å². The third-order valence-corrected chi connectivity index (χ3v) is 3.75. The number of allylic oxidation sites excluding steroid dienone is 2. The Morgan fingerprint density at radius 1 is 1.25 bits per heavy atom. The second kappa shape index (κ2) is 11.4. The Kier molecular flexibility index (Phi) is 10.8. The monoisotopic (exact) mass is 342 g/mol. The Morgan fingerprint density at radius 2 is 1.88 bits per heavy atom. The first-order valence-electron chi connectivity index (χ1n) is 8.43. The molecule has 0 aliphatic heterocycles. The summed E-state index contributed by atoms with van der Waals surface area (Å²) in [6.45, 7) is 12.4. The van der Waals surface area contributed by atoms with Crippen LogP contribution in [-0.2, 0) is 19.0 Å². The molecule has 24 heavy (non-hydrogen) atoms. The number of hydrogen-bond donors (Lipinski definition) is 1. The van der Waals surface area contributed by atoms with Gasteiger partial charge in [-0.2, -0.15) is 0 Å². The fourth-order valence-corrected chi connectivity index (χ4v) is 2.51. The van der Waals surface area contributed by atoms with Gasteiger partial charge in [0.25, 0.3) is 0 Å². The summed E-state index contributed by atoms with van der Waals surface area (Å²) in [5.74, 6) is -0.418. The van der Waals surface area contributed by atoms with Crippen LogP contribution in [-0.4, -0.2) is 43.8 Å². The maximum absolute atomic E-state index is 11.3. The molecule has 0 heterocycles. The molecular weight excluding hydrogens is 308 g/mol. The van der Waals surface area contributed by atoms with E-state index in [9.17, 15) is 9.90 Å². The van der Waals surface area contributed by atoms with Crippen LogP contribution in [0.2, 0.25) is 0 Å². The van der Waals surface area contributed by atoms with Gasteiger partial charge in [-0.15, -0.1) is 0 Å². The van der Waals surface area contributed by atoms with E-state index in [1.807, 2.05) is 19.9 Å². The van der Waals surface area contributed by atoms with E-state index in [4.69, 9.17) is 14.2 Å². The molecule has 0 aromatic heterocycles. The minimum Gasteiger partial charge on any atom is -0.463 e. The number of methoxy groups -OCH3 is 1. The van der Waals surface area contributed by atoms with Gasteiger partial charge in [-0.1, -0.05) is 45.4 Å². The maximum atomic E-state index is 11.3. The van der Waals surface area contributed by atoms with Crippen LogP contribution in [0, 0.1) is 11.3 Å².